The zero-order chi connectivity index (χ0) is 16.4. The number of hydrogen-bond acceptors (Lipinski definition) is 2. The van der Waals surface area contributed by atoms with Crippen LogP contribution < -0.4 is 10.6 Å². The summed E-state index contributed by atoms with van der Waals surface area (Å²) in [5.74, 6) is -0.0930. The fourth-order valence-corrected chi connectivity index (χ4v) is 2.97. The normalized spacial score (nSPS) is 13.7. The van der Waals surface area contributed by atoms with Crippen LogP contribution in [0.15, 0.2) is 36.4 Å². The van der Waals surface area contributed by atoms with Crippen molar-refractivity contribution in [1.29, 1.82) is 0 Å². The maximum absolute atomic E-state index is 12.5. The second kappa shape index (κ2) is 6.24. The highest BCUT2D eigenvalue weighted by atomic mass is 16.2. The van der Waals surface area contributed by atoms with E-state index in [1.54, 1.807) is 6.07 Å². The van der Waals surface area contributed by atoms with Crippen LogP contribution in [-0.2, 0) is 11.2 Å². The van der Waals surface area contributed by atoms with Crippen LogP contribution in [0.4, 0.5) is 11.4 Å². The van der Waals surface area contributed by atoms with Crippen molar-refractivity contribution in [2.45, 2.75) is 33.1 Å². The largest absolute Gasteiger partial charge is 0.326 e. The van der Waals surface area contributed by atoms with Crippen molar-refractivity contribution in [1.82, 2.24) is 0 Å². The molecule has 1 heterocycles. The molecule has 118 valence electrons. The van der Waals surface area contributed by atoms with Crippen LogP contribution in [0.1, 0.15) is 39.9 Å². The first-order valence-electron chi connectivity index (χ1n) is 7.84. The second-order valence-corrected chi connectivity index (χ2v) is 6.10. The molecule has 1 aliphatic rings. The Balaban J connectivity index is 1.82. The van der Waals surface area contributed by atoms with Gasteiger partial charge in [-0.25, -0.2) is 0 Å². The molecule has 0 atom stereocenters. The number of carbonyl (C=O) groups excluding carboxylic acids is 2. The molecule has 4 heteroatoms. The Hall–Kier alpha value is -2.62. The van der Waals surface area contributed by atoms with Crippen molar-refractivity contribution in [2.24, 2.45) is 0 Å². The van der Waals surface area contributed by atoms with Crippen molar-refractivity contribution in [3.8, 4) is 0 Å². The topological polar surface area (TPSA) is 58.2 Å². The minimum Gasteiger partial charge on any atom is -0.326 e. The number of amides is 2. The Kier molecular flexibility index (Phi) is 4.15. The van der Waals surface area contributed by atoms with Gasteiger partial charge in [0.2, 0.25) is 5.91 Å². The van der Waals surface area contributed by atoms with Gasteiger partial charge in [0.15, 0.2) is 0 Å². The minimum atomic E-state index is -0.131. The molecule has 1 aliphatic heterocycles. The Morgan fingerprint density at radius 1 is 1.04 bits per heavy atom. The number of anilines is 2. The molecule has 0 bridgehead atoms. The van der Waals surface area contributed by atoms with Gasteiger partial charge in [-0.15, -0.1) is 0 Å². The van der Waals surface area contributed by atoms with Gasteiger partial charge in [-0.1, -0.05) is 6.07 Å². The lowest BCUT2D eigenvalue weighted by Crippen LogP contribution is -2.13. The third-order valence-electron chi connectivity index (χ3n) is 3.97. The molecule has 2 N–H and O–H groups in total. The average molecular weight is 308 g/mol. The van der Waals surface area contributed by atoms with E-state index in [0.717, 1.165) is 40.9 Å². The van der Waals surface area contributed by atoms with Crippen molar-refractivity contribution in [3.63, 3.8) is 0 Å². The molecule has 2 aromatic rings. The smallest absolute Gasteiger partial charge is 0.255 e. The maximum atomic E-state index is 12.5. The maximum Gasteiger partial charge on any atom is 0.255 e. The summed E-state index contributed by atoms with van der Waals surface area (Å²) in [6.45, 7) is 4.02. The molecule has 2 amide bonds. The Morgan fingerprint density at radius 3 is 2.52 bits per heavy atom. The molecule has 4 nitrogen and oxygen atoms in total. The molecule has 0 aliphatic carbocycles. The molecule has 0 fully saturated rings. The third-order valence-corrected chi connectivity index (χ3v) is 3.97. The van der Waals surface area contributed by atoms with Crippen LogP contribution in [0.2, 0.25) is 0 Å². The zero-order valence-electron chi connectivity index (χ0n) is 13.4. The first-order chi connectivity index (χ1) is 11.0. The van der Waals surface area contributed by atoms with Crippen LogP contribution in [-0.4, -0.2) is 11.8 Å². The Bertz CT molecular complexity index is 761. The van der Waals surface area contributed by atoms with E-state index in [1.165, 1.54) is 0 Å². The molecule has 0 spiro atoms. The number of benzene rings is 2. The lowest BCUT2D eigenvalue weighted by atomic mass is 10.0. The quantitative estimate of drug-likeness (QED) is 0.886. The van der Waals surface area contributed by atoms with E-state index in [-0.39, 0.29) is 11.8 Å². The van der Waals surface area contributed by atoms with Gasteiger partial charge in [-0.2, -0.15) is 0 Å². The number of rotatable bonds is 2. The van der Waals surface area contributed by atoms with Crippen LogP contribution in [0.3, 0.4) is 0 Å². The summed E-state index contributed by atoms with van der Waals surface area (Å²) in [5.41, 5.74) is 5.48. The number of fused-ring (bicyclic) bond motifs is 1. The summed E-state index contributed by atoms with van der Waals surface area (Å²) >= 11 is 0. The molecule has 23 heavy (non-hydrogen) atoms. The van der Waals surface area contributed by atoms with Gasteiger partial charge in [0.25, 0.3) is 5.91 Å². The number of carbonyl (C=O) groups is 2. The molecule has 0 radical (unpaired) electrons. The van der Waals surface area contributed by atoms with Crippen molar-refractivity contribution in [2.75, 3.05) is 10.6 Å². The summed E-state index contributed by atoms with van der Waals surface area (Å²) in [6.07, 6.45) is 2.14. The lowest BCUT2D eigenvalue weighted by Gasteiger charge is -2.11. The predicted octanol–water partition coefficient (Wildman–Crippen LogP) is 3.83. The van der Waals surface area contributed by atoms with E-state index in [9.17, 15) is 9.59 Å². The van der Waals surface area contributed by atoms with E-state index in [0.29, 0.717) is 12.0 Å². The number of nitrogens with one attached hydrogen (secondary N) is 2. The fraction of sp³-hybridized carbons (Fsp3) is 0.263. The summed E-state index contributed by atoms with van der Waals surface area (Å²) in [7, 11) is 0. The summed E-state index contributed by atoms with van der Waals surface area (Å²) in [5, 5.41) is 5.83. The van der Waals surface area contributed by atoms with Crippen LogP contribution >= 0.6 is 0 Å². The van der Waals surface area contributed by atoms with Gasteiger partial charge in [0, 0.05) is 23.4 Å². The van der Waals surface area contributed by atoms with Crippen molar-refractivity contribution < 1.29 is 9.59 Å². The van der Waals surface area contributed by atoms with Crippen LogP contribution in [0.25, 0.3) is 0 Å². The molecule has 2 aromatic carbocycles. The molecule has 0 unspecified atom stereocenters. The van der Waals surface area contributed by atoms with Gasteiger partial charge in [0.1, 0.15) is 0 Å². The monoisotopic (exact) mass is 308 g/mol. The standard InChI is InChI=1S/C19H20N2O2/c1-12-8-13(2)10-16(9-12)20-19(23)15-6-7-17-14(11-15)4-3-5-18(22)21-17/h6-11H,3-5H2,1-2H3,(H,20,23)(H,21,22). The molecular formula is C19H20N2O2. The zero-order valence-corrected chi connectivity index (χ0v) is 13.4. The van der Waals surface area contributed by atoms with Gasteiger partial charge in [-0.3, -0.25) is 9.59 Å². The van der Waals surface area contributed by atoms with E-state index >= 15 is 0 Å². The highest BCUT2D eigenvalue weighted by molar-refractivity contribution is 6.05. The fourth-order valence-electron chi connectivity index (χ4n) is 2.97. The van der Waals surface area contributed by atoms with E-state index in [1.807, 2.05) is 38.1 Å². The Labute approximate surface area is 135 Å². The summed E-state index contributed by atoms with van der Waals surface area (Å²) < 4.78 is 0. The predicted molar refractivity (Wildman–Crippen MR) is 91.9 cm³/mol. The van der Waals surface area contributed by atoms with Crippen LogP contribution in [0.5, 0.6) is 0 Å². The van der Waals surface area contributed by atoms with Gasteiger partial charge in [-0.05, 0) is 73.7 Å². The summed E-state index contributed by atoms with van der Waals surface area (Å²) in [6, 6.07) is 11.4. The van der Waals surface area contributed by atoms with E-state index < -0.39 is 0 Å². The van der Waals surface area contributed by atoms with Gasteiger partial charge in [0.05, 0.1) is 0 Å². The first-order valence-corrected chi connectivity index (χ1v) is 7.84. The van der Waals surface area contributed by atoms with Crippen LogP contribution in [0, 0.1) is 13.8 Å². The Morgan fingerprint density at radius 2 is 1.78 bits per heavy atom. The molecule has 0 saturated heterocycles. The summed E-state index contributed by atoms with van der Waals surface area (Å²) in [4.78, 5) is 24.1. The lowest BCUT2D eigenvalue weighted by molar-refractivity contribution is -0.116. The van der Waals surface area contributed by atoms with E-state index in [2.05, 4.69) is 16.7 Å². The molecular weight excluding hydrogens is 288 g/mol. The highest BCUT2D eigenvalue weighted by Crippen LogP contribution is 2.24. The minimum absolute atomic E-state index is 0.0381. The molecule has 3 rings (SSSR count). The van der Waals surface area contributed by atoms with Gasteiger partial charge < -0.3 is 10.6 Å². The molecule has 0 saturated carbocycles. The van der Waals surface area contributed by atoms with Crippen molar-refractivity contribution in [3.05, 3.63) is 58.7 Å². The van der Waals surface area contributed by atoms with E-state index in [4.69, 9.17) is 0 Å². The average Bonchev–Trinajstić information content (AvgIpc) is 2.65. The SMILES string of the molecule is Cc1cc(C)cc(NC(=O)c2ccc3c(c2)CCCC(=O)N3)c1. The molecule has 0 aromatic heterocycles. The second-order valence-electron chi connectivity index (χ2n) is 6.10. The van der Waals surface area contributed by atoms with Gasteiger partial charge >= 0.3 is 0 Å². The van der Waals surface area contributed by atoms with Crippen molar-refractivity contribution >= 4 is 23.2 Å². The number of hydrogen-bond donors (Lipinski definition) is 2. The number of aryl methyl sites for hydroxylation is 3. The first kappa shape index (κ1) is 15.3. The third kappa shape index (κ3) is 3.59. The highest BCUT2D eigenvalue weighted by Gasteiger charge is 2.15.